The molecule has 1 aliphatic rings. The second-order valence-corrected chi connectivity index (χ2v) is 5.06. The first-order valence-corrected chi connectivity index (χ1v) is 6.66. The normalized spacial score (nSPS) is 24.0. The van der Waals surface area contributed by atoms with Crippen LogP contribution in [-0.4, -0.2) is 35.3 Å². The average molecular weight is 265 g/mol. The van der Waals surface area contributed by atoms with Gasteiger partial charge in [0.1, 0.15) is 4.99 Å². The molecule has 1 saturated heterocycles. The zero-order valence-corrected chi connectivity index (χ0v) is 11.6. The fraction of sp³-hybridized carbons (Fsp3) is 0.538. The Hall–Kier alpha value is -1.20. The number of nitrogens with two attached hydrogens (primary N) is 1. The predicted octanol–water partition coefficient (Wildman–Crippen LogP) is 1.72. The van der Waals surface area contributed by atoms with E-state index in [1.807, 2.05) is 12.1 Å². The van der Waals surface area contributed by atoms with E-state index in [1.54, 1.807) is 6.20 Å². The van der Waals surface area contributed by atoms with Crippen LogP contribution in [0.15, 0.2) is 18.3 Å². The molecule has 1 fully saturated rings. The maximum Gasteiger partial charge on any atom is 0.122 e. The van der Waals surface area contributed by atoms with Crippen molar-refractivity contribution in [3.8, 4) is 0 Å². The molecule has 1 aliphatic heterocycles. The molecule has 0 spiro atoms. The fourth-order valence-electron chi connectivity index (χ4n) is 2.23. The van der Waals surface area contributed by atoms with Gasteiger partial charge in [-0.05, 0) is 25.5 Å². The minimum Gasteiger partial charge on any atom is -0.388 e. The Bertz CT molecular complexity index is 438. The van der Waals surface area contributed by atoms with Crippen molar-refractivity contribution in [1.29, 1.82) is 0 Å². The van der Waals surface area contributed by atoms with Crippen LogP contribution in [0.1, 0.15) is 26.0 Å². The Morgan fingerprint density at radius 3 is 3.11 bits per heavy atom. The summed E-state index contributed by atoms with van der Waals surface area (Å²) in [6.45, 7) is 5.92. The number of nitrogens with zero attached hydrogens (tertiary/aromatic N) is 2. The lowest BCUT2D eigenvalue weighted by atomic mass is 10.1. The highest BCUT2D eigenvalue weighted by atomic mass is 32.1. The van der Waals surface area contributed by atoms with Gasteiger partial charge in [0, 0.05) is 18.4 Å². The van der Waals surface area contributed by atoms with Crippen LogP contribution in [0.4, 0.5) is 5.69 Å². The Morgan fingerprint density at radius 2 is 2.44 bits per heavy atom. The van der Waals surface area contributed by atoms with E-state index in [4.69, 9.17) is 22.7 Å². The van der Waals surface area contributed by atoms with E-state index in [9.17, 15) is 0 Å². The third-order valence-corrected chi connectivity index (χ3v) is 3.48. The molecule has 18 heavy (non-hydrogen) atoms. The van der Waals surface area contributed by atoms with Crippen molar-refractivity contribution >= 4 is 22.9 Å². The highest BCUT2D eigenvalue weighted by Crippen LogP contribution is 2.23. The molecule has 0 aliphatic carbocycles. The third kappa shape index (κ3) is 2.79. The SMILES string of the molecule is CCC1COC(C)CN1c1ccnc(C(N)=S)c1. The van der Waals surface area contributed by atoms with E-state index >= 15 is 0 Å². The van der Waals surface area contributed by atoms with Crippen LogP contribution in [0, 0.1) is 0 Å². The first-order chi connectivity index (χ1) is 8.61. The van der Waals surface area contributed by atoms with Gasteiger partial charge in [0.15, 0.2) is 0 Å². The molecule has 0 saturated carbocycles. The van der Waals surface area contributed by atoms with Gasteiger partial charge >= 0.3 is 0 Å². The number of pyridine rings is 1. The molecule has 2 heterocycles. The minimum atomic E-state index is 0.245. The summed E-state index contributed by atoms with van der Waals surface area (Å²) in [5, 5.41) is 0. The molecule has 0 bridgehead atoms. The summed E-state index contributed by atoms with van der Waals surface area (Å²) in [7, 11) is 0. The number of hydrogen-bond donors (Lipinski definition) is 1. The van der Waals surface area contributed by atoms with Crippen LogP contribution < -0.4 is 10.6 Å². The van der Waals surface area contributed by atoms with Gasteiger partial charge in [-0.1, -0.05) is 19.1 Å². The van der Waals surface area contributed by atoms with Gasteiger partial charge in [-0.15, -0.1) is 0 Å². The molecule has 4 nitrogen and oxygen atoms in total. The smallest absolute Gasteiger partial charge is 0.122 e. The predicted molar refractivity (Wildman–Crippen MR) is 77.0 cm³/mol. The van der Waals surface area contributed by atoms with Gasteiger partial charge in [-0.2, -0.15) is 0 Å². The molecule has 5 heteroatoms. The van der Waals surface area contributed by atoms with E-state index < -0.39 is 0 Å². The largest absolute Gasteiger partial charge is 0.388 e. The molecular weight excluding hydrogens is 246 g/mol. The van der Waals surface area contributed by atoms with Crippen molar-refractivity contribution in [3.63, 3.8) is 0 Å². The second-order valence-electron chi connectivity index (χ2n) is 4.62. The Labute approximate surface area is 113 Å². The molecule has 0 amide bonds. The van der Waals surface area contributed by atoms with E-state index in [0.29, 0.717) is 16.7 Å². The van der Waals surface area contributed by atoms with Crippen LogP contribution in [0.2, 0.25) is 0 Å². The van der Waals surface area contributed by atoms with Crippen LogP contribution in [-0.2, 0) is 4.74 Å². The highest BCUT2D eigenvalue weighted by molar-refractivity contribution is 7.80. The van der Waals surface area contributed by atoms with Crippen molar-refractivity contribution in [2.24, 2.45) is 5.73 Å². The van der Waals surface area contributed by atoms with Crippen LogP contribution in [0.3, 0.4) is 0 Å². The number of hydrogen-bond acceptors (Lipinski definition) is 4. The molecule has 98 valence electrons. The molecule has 2 atom stereocenters. The maximum absolute atomic E-state index is 5.70. The van der Waals surface area contributed by atoms with Gasteiger partial charge in [0.2, 0.25) is 0 Å². The molecule has 1 aromatic rings. The lowest BCUT2D eigenvalue weighted by Gasteiger charge is -2.40. The summed E-state index contributed by atoms with van der Waals surface area (Å²) >= 11 is 4.98. The zero-order chi connectivity index (χ0) is 13.1. The summed E-state index contributed by atoms with van der Waals surface area (Å²) in [4.78, 5) is 6.88. The first kappa shape index (κ1) is 13.2. The van der Waals surface area contributed by atoms with Crippen molar-refractivity contribution in [2.45, 2.75) is 32.4 Å². The van der Waals surface area contributed by atoms with E-state index in [-0.39, 0.29) is 6.10 Å². The van der Waals surface area contributed by atoms with E-state index in [2.05, 4.69) is 23.7 Å². The van der Waals surface area contributed by atoms with Crippen LogP contribution in [0.25, 0.3) is 0 Å². The lowest BCUT2D eigenvalue weighted by molar-refractivity contribution is 0.0299. The lowest BCUT2D eigenvalue weighted by Crippen LogP contribution is -2.48. The van der Waals surface area contributed by atoms with Crippen LogP contribution in [0.5, 0.6) is 0 Å². The number of morpholine rings is 1. The van der Waals surface area contributed by atoms with Crippen molar-refractivity contribution < 1.29 is 4.74 Å². The summed E-state index contributed by atoms with van der Waals surface area (Å²) in [5.41, 5.74) is 7.43. The molecule has 0 radical (unpaired) electrons. The standard InChI is InChI=1S/C13H19N3OS/c1-3-10-8-17-9(2)7-16(10)11-4-5-15-12(6-11)13(14)18/h4-6,9-10H,3,7-8H2,1-2H3,(H2,14,18). The molecule has 2 N–H and O–H groups in total. The van der Waals surface area contributed by atoms with E-state index in [0.717, 1.165) is 25.3 Å². The topological polar surface area (TPSA) is 51.4 Å². The van der Waals surface area contributed by atoms with Gasteiger partial charge in [-0.3, -0.25) is 4.98 Å². The van der Waals surface area contributed by atoms with Gasteiger partial charge in [-0.25, -0.2) is 0 Å². The maximum atomic E-state index is 5.70. The summed E-state index contributed by atoms with van der Waals surface area (Å²) in [6.07, 6.45) is 3.06. The molecule has 2 rings (SSSR count). The number of ether oxygens (including phenoxy) is 1. The Morgan fingerprint density at radius 1 is 1.67 bits per heavy atom. The molecule has 1 aromatic heterocycles. The summed E-state index contributed by atoms with van der Waals surface area (Å²) < 4.78 is 5.70. The number of aromatic nitrogens is 1. The van der Waals surface area contributed by atoms with Gasteiger partial charge < -0.3 is 15.4 Å². The van der Waals surface area contributed by atoms with Crippen LogP contribution >= 0.6 is 12.2 Å². The van der Waals surface area contributed by atoms with Crippen molar-refractivity contribution in [3.05, 3.63) is 24.0 Å². The third-order valence-electron chi connectivity index (χ3n) is 3.27. The average Bonchev–Trinajstić information content (AvgIpc) is 2.39. The summed E-state index contributed by atoms with van der Waals surface area (Å²) in [5.74, 6) is 0. The summed E-state index contributed by atoms with van der Waals surface area (Å²) in [6, 6.07) is 4.37. The number of thiocarbonyl (C=S) groups is 1. The highest BCUT2D eigenvalue weighted by Gasteiger charge is 2.25. The van der Waals surface area contributed by atoms with Crippen molar-refractivity contribution in [1.82, 2.24) is 4.98 Å². The quantitative estimate of drug-likeness (QED) is 0.843. The second kappa shape index (κ2) is 5.63. The molecule has 0 aromatic carbocycles. The van der Waals surface area contributed by atoms with Gasteiger partial charge in [0.05, 0.1) is 24.4 Å². The Kier molecular flexibility index (Phi) is 4.14. The van der Waals surface area contributed by atoms with Gasteiger partial charge in [0.25, 0.3) is 0 Å². The van der Waals surface area contributed by atoms with Crippen molar-refractivity contribution in [2.75, 3.05) is 18.1 Å². The van der Waals surface area contributed by atoms with E-state index in [1.165, 1.54) is 0 Å². The Balaban J connectivity index is 2.27. The number of rotatable bonds is 3. The zero-order valence-electron chi connectivity index (χ0n) is 10.8. The number of anilines is 1. The first-order valence-electron chi connectivity index (χ1n) is 6.26. The fourth-order valence-corrected chi connectivity index (χ4v) is 2.34. The minimum absolute atomic E-state index is 0.245. The monoisotopic (exact) mass is 265 g/mol. The molecular formula is C13H19N3OS. The molecule has 2 unspecified atom stereocenters.